The third-order valence-electron chi connectivity index (χ3n) is 10.5. The van der Waals surface area contributed by atoms with Crippen LogP contribution in [0.3, 0.4) is 0 Å². The van der Waals surface area contributed by atoms with Gasteiger partial charge in [0.1, 0.15) is 36.1 Å². The van der Waals surface area contributed by atoms with Crippen molar-refractivity contribution in [1.82, 2.24) is 25.3 Å². The van der Waals surface area contributed by atoms with Gasteiger partial charge in [-0.2, -0.15) is 30.7 Å². The average Bonchev–Trinajstić information content (AvgIpc) is 3.73. The molecule has 1 saturated carbocycles. The minimum absolute atomic E-state index is 0.0978. The Bertz CT molecular complexity index is 2170. The van der Waals surface area contributed by atoms with Gasteiger partial charge in [0.05, 0.1) is 48.3 Å². The number of alkyl halides is 6. The predicted molar refractivity (Wildman–Crippen MR) is 199 cm³/mol. The lowest BCUT2D eigenvalue weighted by Crippen LogP contribution is -2.62. The quantitative estimate of drug-likeness (QED) is 0.0672. The number of aromatic nitrogens is 2. The van der Waals surface area contributed by atoms with Crippen LogP contribution in [0.25, 0.3) is 11.3 Å². The number of hydrogen-bond donors (Lipinski definition) is 6. The lowest BCUT2D eigenvalue weighted by Gasteiger charge is -2.48. The number of nitrogens with one attached hydrogen (secondary N) is 2. The molecule has 6 N–H and O–H groups in total. The maximum Gasteiger partial charge on any atom is 0.433 e. The summed E-state index contributed by atoms with van der Waals surface area (Å²) in [5.41, 5.74) is -7.35. The Labute approximate surface area is 347 Å². The number of hydrazine groups is 1. The molecule has 62 heavy (non-hydrogen) atoms. The molecule has 3 aromatic rings. The van der Waals surface area contributed by atoms with Crippen LogP contribution in [0.5, 0.6) is 5.75 Å². The number of aliphatic hydroxyl groups excluding tert-OH is 4. The number of nitrogens with zero attached hydrogens (tertiary/aromatic N) is 4. The predicted octanol–water partition coefficient (Wildman–Crippen LogP) is 4.42. The highest BCUT2D eigenvalue weighted by Gasteiger charge is 2.53. The summed E-state index contributed by atoms with van der Waals surface area (Å²) in [6.45, 7) is 0.151. The first-order valence-corrected chi connectivity index (χ1v) is 19.0. The van der Waals surface area contributed by atoms with Gasteiger partial charge in [0, 0.05) is 24.7 Å². The van der Waals surface area contributed by atoms with Crippen molar-refractivity contribution in [2.24, 2.45) is 0 Å². The minimum atomic E-state index is -5.02. The highest BCUT2D eigenvalue weighted by molar-refractivity contribution is 6.24. The summed E-state index contributed by atoms with van der Waals surface area (Å²) in [7, 11) is 1.38. The van der Waals surface area contributed by atoms with Crippen LogP contribution in [0, 0.1) is 11.6 Å². The standard InChI is InChI=1S/C39H42F8N6O9/c1-3-25(54)31(55)32(56)35(59)48-12-13-61-14-15-62-26-9-6-20(29(40)30(26)41)18-53-36(60)28(33(57)37(52(53)2)10-4-5-11-37)34(58)51-23-8-7-21(38(42,43)44)16-22(23)24-17-27(39(45,46)47)50-19-49-24/h6-9,16-17,19,25,31-32,54-57H,3-5,10-15,18H2,1-2H3,(H,48,59)(H,51,58). The number of amides is 3. The van der Waals surface area contributed by atoms with E-state index >= 15 is 8.78 Å². The van der Waals surface area contributed by atoms with E-state index in [0.717, 1.165) is 23.2 Å². The van der Waals surface area contributed by atoms with Crippen LogP contribution in [0.2, 0.25) is 0 Å². The van der Waals surface area contributed by atoms with Crippen LogP contribution in [0.15, 0.2) is 54.1 Å². The zero-order chi connectivity index (χ0) is 45.7. The van der Waals surface area contributed by atoms with E-state index < -0.39 is 123 Å². The molecule has 2 heterocycles. The summed E-state index contributed by atoms with van der Waals surface area (Å²) in [6.07, 6.45) is -13.0. The zero-order valence-electron chi connectivity index (χ0n) is 33.0. The zero-order valence-corrected chi connectivity index (χ0v) is 33.0. The van der Waals surface area contributed by atoms with Crippen molar-refractivity contribution in [3.05, 3.63) is 82.5 Å². The third kappa shape index (κ3) is 10.2. The fourth-order valence-electron chi connectivity index (χ4n) is 7.01. The summed E-state index contributed by atoms with van der Waals surface area (Å²) < 4.78 is 123. The van der Waals surface area contributed by atoms with Gasteiger partial charge in [-0.15, -0.1) is 0 Å². The Morgan fingerprint density at radius 1 is 0.935 bits per heavy atom. The molecule has 3 atom stereocenters. The van der Waals surface area contributed by atoms with E-state index in [-0.39, 0.29) is 45.6 Å². The van der Waals surface area contributed by atoms with Crippen molar-refractivity contribution in [3.63, 3.8) is 0 Å². The molecule has 2 aromatic carbocycles. The second kappa shape index (κ2) is 19.3. The topological polar surface area (TPSA) is 207 Å². The fourth-order valence-corrected chi connectivity index (χ4v) is 7.01. The number of benzene rings is 2. The Hall–Kier alpha value is -5.49. The molecule has 1 aromatic heterocycles. The first kappa shape index (κ1) is 47.6. The molecule has 2 aliphatic rings. The van der Waals surface area contributed by atoms with Crippen LogP contribution in [0.4, 0.5) is 40.8 Å². The van der Waals surface area contributed by atoms with Crippen molar-refractivity contribution >= 4 is 23.4 Å². The van der Waals surface area contributed by atoms with Crippen LogP contribution in [0.1, 0.15) is 55.8 Å². The maximum absolute atomic E-state index is 15.6. The van der Waals surface area contributed by atoms with E-state index in [9.17, 15) is 61.2 Å². The maximum atomic E-state index is 15.6. The minimum Gasteiger partial charge on any atom is -0.509 e. The van der Waals surface area contributed by atoms with Crippen molar-refractivity contribution < 1.29 is 79.4 Å². The molecule has 0 radical (unpaired) electrons. The molecule has 3 amide bonds. The molecule has 5 rings (SSSR count). The lowest BCUT2D eigenvalue weighted by molar-refractivity contribution is -0.163. The normalized spacial score (nSPS) is 17.3. The van der Waals surface area contributed by atoms with Crippen LogP contribution >= 0.6 is 0 Å². The molecule has 3 unspecified atom stereocenters. The highest BCUT2D eigenvalue weighted by atomic mass is 19.4. The van der Waals surface area contributed by atoms with E-state index in [0.29, 0.717) is 37.4 Å². The van der Waals surface area contributed by atoms with Crippen LogP contribution < -0.4 is 15.4 Å². The van der Waals surface area contributed by atoms with Gasteiger partial charge in [0.2, 0.25) is 5.82 Å². The van der Waals surface area contributed by atoms with E-state index in [1.165, 1.54) is 12.1 Å². The highest BCUT2D eigenvalue weighted by Crippen LogP contribution is 2.45. The van der Waals surface area contributed by atoms with Gasteiger partial charge in [-0.25, -0.2) is 19.4 Å². The smallest absolute Gasteiger partial charge is 0.433 e. The van der Waals surface area contributed by atoms with Crippen molar-refractivity contribution in [2.75, 3.05) is 38.7 Å². The molecule has 338 valence electrons. The largest absolute Gasteiger partial charge is 0.509 e. The summed E-state index contributed by atoms with van der Waals surface area (Å²) >= 11 is 0. The molecular formula is C39H42F8N6O9. The number of halogens is 8. The third-order valence-corrected chi connectivity index (χ3v) is 10.5. The van der Waals surface area contributed by atoms with Gasteiger partial charge in [0.25, 0.3) is 17.7 Å². The number of carbonyl (C=O) groups excluding carboxylic acids is 3. The average molecular weight is 891 g/mol. The van der Waals surface area contributed by atoms with Crippen LogP contribution in [-0.4, -0.2) is 115 Å². The molecular weight excluding hydrogens is 848 g/mol. The monoisotopic (exact) mass is 890 g/mol. The Kier molecular flexibility index (Phi) is 14.8. The van der Waals surface area contributed by atoms with E-state index in [1.54, 1.807) is 6.92 Å². The second-order valence-electron chi connectivity index (χ2n) is 14.4. The number of ether oxygens (including phenoxy) is 2. The molecule has 23 heteroatoms. The molecule has 1 aliphatic heterocycles. The number of aliphatic hydroxyl groups is 4. The molecule has 15 nitrogen and oxygen atoms in total. The van der Waals surface area contributed by atoms with E-state index in [4.69, 9.17) is 9.47 Å². The van der Waals surface area contributed by atoms with Gasteiger partial charge >= 0.3 is 12.4 Å². The second-order valence-corrected chi connectivity index (χ2v) is 14.4. The van der Waals surface area contributed by atoms with Gasteiger partial charge in [0.15, 0.2) is 17.7 Å². The number of rotatable bonds is 16. The molecule has 0 bridgehead atoms. The van der Waals surface area contributed by atoms with Gasteiger partial charge < -0.3 is 40.5 Å². The van der Waals surface area contributed by atoms with Gasteiger partial charge in [-0.3, -0.25) is 19.4 Å². The summed E-state index contributed by atoms with van der Waals surface area (Å²) in [5.74, 6) is -7.71. The van der Waals surface area contributed by atoms with Crippen LogP contribution in [-0.2, 0) is 38.0 Å². The lowest BCUT2D eigenvalue weighted by atomic mass is 9.88. The molecule has 1 aliphatic carbocycles. The Morgan fingerprint density at radius 3 is 2.27 bits per heavy atom. The number of hydrogen-bond acceptors (Lipinski definition) is 12. The number of anilines is 1. The summed E-state index contributed by atoms with van der Waals surface area (Å²) in [4.78, 5) is 46.8. The van der Waals surface area contributed by atoms with Gasteiger partial charge in [-0.05, 0) is 49.6 Å². The van der Waals surface area contributed by atoms with Crippen molar-refractivity contribution in [2.45, 2.75) is 81.8 Å². The first-order valence-electron chi connectivity index (χ1n) is 19.0. The first-order chi connectivity index (χ1) is 29.1. The summed E-state index contributed by atoms with van der Waals surface area (Å²) in [5, 5.41) is 47.4. The van der Waals surface area contributed by atoms with Crippen molar-refractivity contribution in [1.29, 1.82) is 0 Å². The summed E-state index contributed by atoms with van der Waals surface area (Å²) in [6, 6.07) is 4.24. The SMILES string of the molecule is CCC(O)C(O)C(O)C(=O)NCCOCCOc1ccc(CN2C(=O)C(C(=O)Nc3ccc(C(F)(F)F)cc3-c3cc(C(F)(F)F)ncn3)=C(O)C3(CCCC3)N2C)c(F)c1F. The fraction of sp³-hybridized carbons (Fsp3) is 0.462. The van der Waals surface area contributed by atoms with E-state index in [2.05, 4.69) is 20.6 Å². The molecule has 1 spiro atoms. The number of carbonyl (C=O) groups is 3. The van der Waals surface area contributed by atoms with Gasteiger partial charge in [-0.1, -0.05) is 25.8 Å². The Morgan fingerprint density at radius 2 is 1.63 bits per heavy atom. The molecule has 1 fully saturated rings. The van der Waals surface area contributed by atoms with E-state index in [1.807, 2.05) is 0 Å². The number of likely N-dealkylation sites (N-methyl/N-ethyl adjacent to an activating group) is 1. The molecule has 0 saturated heterocycles. The Balaban J connectivity index is 1.31. The van der Waals surface area contributed by atoms with Crippen molar-refractivity contribution in [3.8, 4) is 17.0 Å².